The number of hydrogen-bond acceptors (Lipinski definition) is 4. The molecule has 0 radical (unpaired) electrons. The van der Waals surface area contributed by atoms with Crippen molar-refractivity contribution < 1.29 is 9.59 Å². The summed E-state index contributed by atoms with van der Waals surface area (Å²) >= 11 is 0. The quantitative estimate of drug-likeness (QED) is 0.713. The van der Waals surface area contributed by atoms with Gasteiger partial charge in [0.2, 0.25) is 11.8 Å². The number of carbonyl (C=O) groups is 2. The maximum absolute atomic E-state index is 12.2. The Morgan fingerprint density at radius 1 is 1.08 bits per heavy atom. The molecule has 134 valence electrons. The molecule has 0 aliphatic rings. The summed E-state index contributed by atoms with van der Waals surface area (Å²) in [6.45, 7) is 4.21. The van der Waals surface area contributed by atoms with E-state index in [-0.39, 0.29) is 24.3 Å². The average molecular weight is 351 g/mol. The van der Waals surface area contributed by atoms with Crippen molar-refractivity contribution in [3.8, 4) is 0 Å². The first-order valence-corrected chi connectivity index (χ1v) is 8.47. The van der Waals surface area contributed by atoms with Gasteiger partial charge in [0.1, 0.15) is 12.1 Å². The molecule has 2 N–H and O–H groups in total. The lowest BCUT2D eigenvalue weighted by Crippen LogP contribution is -2.27. The van der Waals surface area contributed by atoms with Crippen molar-refractivity contribution in [1.82, 2.24) is 20.3 Å². The van der Waals surface area contributed by atoms with E-state index < -0.39 is 0 Å². The summed E-state index contributed by atoms with van der Waals surface area (Å²) in [4.78, 5) is 23.8. The second-order valence-corrected chi connectivity index (χ2v) is 6.35. The summed E-state index contributed by atoms with van der Waals surface area (Å²) < 4.78 is 1.58. The number of nitrogens with zero attached hydrogens (tertiary/aromatic N) is 3. The van der Waals surface area contributed by atoms with Crippen molar-refractivity contribution in [3.05, 3.63) is 54.1 Å². The van der Waals surface area contributed by atoms with E-state index >= 15 is 0 Å². The first-order valence-electron chi connectivity index (χ1n) is 8.47. The van der Waals surface area contributed by atoms with E-state index in [4.69, 9.17) is 0 Å². The number of nitrogens with one attached hydrogen (secondary N) is 2. The van der Waals surface area contributed by atoms with Gasteiger partial charge in [0.15, 0.2) is 0 Å². The average Bonchev–Trinajstić information content (AvgIpc) is 3.04. The third-order valence-corrected chi connectivity index (χ3v) is 3.95. The van der Waals surface area contributed by atoms with Crippen molar-refractivity contribution in [2.24, 2.45) is 5.92 Å². The molecule has 7 nitrogen and oxygen atoms in total. The van der Waals surface area contributed by atoms with Gasteiger partial charge in [-0.25, -0.2) is 4.68 Å². The van der Waals surface area contributed by atoms with Gasteiger partial charge >= 0.3 is 0 Å². The van der Waals surface area contributed by atoms with Gasteiger partial charge < -0.3 is 10.6 Å². The number of aromatic nitrogens is 3. The maximum Gasteiger partial charge on any atom is 0.242 e. The highest BCUT2D eigenvalue weighted by Crippen LogP contribution is 2.11. The van der Waals surface area contributed by atoms with Crippen LogP contribution in [0.4, 0.5) is 5.69 Å². The SMILES string of the molecule is CC(C)C(=O)Nc1ccc(CNC(=O)Cn2nnc3ccccc32)cc1. The fourth-order valence-corrected chi connectivity index (χ4v) is 2.42. The van der Waals surface area contributed by atoms with Gasteiger partial charge in [0, 0.05) is 18.2 Å². The van der Waals surface area contributed by atoms with Crippen LogP contribution in [-0.2, 0) is 22.7 Å². The van der Waals surface area contributed by atoms with E-state index in [0.717, 1.165) is 22.3 Å². The van der Waals surface area contributed by atoms with E-state index in [0.29, 0.717) is 6.54 Å². The summed E-state index contributed by atoms with van der Waals surface area (Å²) in [5.74, 6) is -0.231. The second-order valence-electron chi connectivity index (χ2n) is 6.35. The Morgan fingerprint density at radius 2 is 1.81 bits per heavy atom. The molecule has 0 aliphatic carbocycles. The molecule has 0 spiro atoms. The monoisotopic (exact) mass is 351 g/mol. The number of para-hydroxylation sites is 1. The number of anilines is 1. The van der Waals surface area contributed by atoms with Crippen LogP contribution in [0.3, 0.4) is 0 Å². The minimum absolute atomic E-state index is 0.0221. The fourth-order valence-electron chi connectivity index (χ4n) is 2.42. The van der Waals surface area contributed by atoms with Crippen LogP contribution in [0.5, 0.6) is 0 Å². The topological polar surface area (TPSA) is 88.9 Å². The lowest BCUT2D eigenvalue weighted by molar-refractivity contribution is -0.122. The normalized spacial score (nSPS) is 10.9. The number of hydrogen-bond donors (Lipinski definition) is 2. The van der Waals surface area contributed by atoms with Crippen LogP contribution < -0.4 is 10.6 Å². The van der Waals surface area contributed by atoms with Crippen molar-refractivity contribution in [2.75, 3.05) is 5.32 Å². The van der Waals surface area contributed by atoms with Crippen LogP contribution in [0.25, 0.3) is 11.0 Å². The predicted molar refractivity (Wildman–Crippen MR) is 99.3 cm³/mol. The first-order chi connectivity index (χ1) is 12.5. The van der Waals surface area contributed by atoms with Gasteiger partial charge in [-0.05, 0) is 29.8 Å². The molecule has 0 unspecified atom stereocenters. The molecule has 0 saturated carbocycles. The number of rotatable bonds is 6. The van der Waals surface area contributed by atoms with Crippen molar-refractivity contribution in [3.63, 3.8) is 0 Å². The van der Waals surface area contributed by atoms with Crippen molar-refractivity contribution in [2.45, 2.75) is 26.9 Å². The van der Waals surface area contributed by atoms with Gasteiger partial charge in [-0.15, -0.1) is 5.10 Å². The minimum atomic E-state index is -0.141. The lowest BCUT2D eigenvalue weighted by atomic mass is 10.1. The maximum atomic E-state index is 12.2. The first kappa shape index (κ1) is 17.6. The zero-order valence-electron chi connectivity index (χ0n) is 14.8. The Kier molecular flexibility index (Phi) is 5.26. The van der Waals surface area contributed by atoms with Crippen molar-refractivity contribution >= 4 is 28.5 Å². The smallest absolute Gasteiger partial charge is 0.242 e. The van der Waals surface area contributed by atoms with E-state index in [1.165, 1.54) is 0 Å². The van der Waals surface area contributed by atoms with Crippen LogP contribution in [0.2, 0.25) is 0 Å². The van der Waals surface area contributed by atoms with Gasteiger partial charge in [-0.1, -0.05) is 43.3 Å². The highest BCUT2D eigenvalue weighted by molar-refractivity contribution is 5.92. The number of fused-ring (bicyclic) bond motifs is 1. The molecule has 0 saturated heterocycles. The summed E-state index contributed by atoms with van der Waals surface area (Å²) in [5.41, 5.74) is 3.28. The second kappa shape index (κ2) is 7.77. The summed E-state index contributed by atoms with van der Waals surface area (Å²) in [6.07, 6.45) is 0. The number of carbonyl (C=O) groups excluding carboxylic acids is 2. The third-order valence-electron chi connectivity index (χ3n) is 3.95. The Balaban J connectivity index is 1.53. The Morgan fingerprint density at radius 3 is 2.54 bits per heavy atom. The molecule has 0 fully saturated rings. The Labute approximate surface area is 151 Å². The van der Waals surface area contributed by atoms with Crippen LogP contribution >= 0.6 is 0 Å². The molecular weight excluding hydrogens is 330 g/mol. The molecule has 2 amide bonds. The van der Waals surface area contributed by atoms with Crippen molar-refractivity contribution in [1.29, 1.82) is 0 Å². The third kappa shape index (κ3) is 4.24. The van der Waals surface area contributed by atoms with Gasteiger partial charge in [0.25, 0.3) is 0 Å². The largest absolute Gasteiger partial charge is 0.350 e. The Bertz CT molecular complexity index is 915. The van der Waals surface area contributed by atoms with Crippen LogP contribution in [0.1, 0.15) is 19.4 Å². The minimum Gasteiger partial charge on any atom is -0.350 e. The molecule has 3 aromatic rings. The number of amides is 2. The standard InChI is InChI=1S/C19H21N5O2/c1-13(2)19(26)21-15-9-7-14(8-10-15)11-20-18(25)12-24-17-6-4-3-5-16(17)22-23-24/h3-10,13H,11-12H2,1-2H3,(H,20,25)(H,21,26). The van der Waals surface area contributed by atoms with E-state index in [2.05, 4.69) is 20.9 Å². The molecule has 26 heavy (non-hydrogen) atoms. The summed E-state index contributed by atoms with van der Waals surface area (Å²) in [6, 6.07) is 14.9. The van der Waals surface area contributed by atoms with Crippen LogP contribution in [0, 0.1) is 5.92 Å². The van der Waals surface area contributed by atoms with Gasteiger partial charge in [0.05, 0.1) is 5.52 Å². The number of benzene rings is 2. The van der Waals surface area contributed by atoms with Gasteiger partial charge in [-0.3, -0.25) is 9.59 Å². The van der Waals surface area contributed by atoms with E-state index in [9.17, 15) is 9.59 Å². The molecular formula is C19H21N5O2. The zero-order valence-corrected chi connectivity index (χ0v) is 14.8. The van der Waals surface area contributed by atoms with Gasteiger partial charge in [-0.2, -0.15) is 0 Å². The van der Waals surface area contributed by atoms with E-state index in [1.807, 2.05) is 62.4 Å². The molecule has 0 aliphatic heterocycles. The Hall–Kier alpha value is -3.22. The lowest BCUT2D eigenvalue weighted by Gasteiger charge is -2.09. The molecule has 7 heteroatoms. The molecule has 0 atom stereocenters. The predicted octanol–water partition coefficient (Wildman–Crippen LogP) is 2.34. The fraction of sp³-hybridized carbons (Fsp3) is 0.263. The van der Waals surface area contributed by atoms with Crippen LogP contribution in [-0.4, -0.2) is 26.8 Å². The molecule has 1 aromatic heterocycles. The highest BCUT2D eigenvalue weighted by Gasteiger charge is 2.09. The van der Waals surface area contributed by atoms with E-state index in [1.54, 1.807) is 4.68 Å². The summed E-state index contributed by atoms with van der Waals surface area (Å²) in [5, 5.41) is 13.7. The zero-order chi connectivity index (χ0) is 18.5. The molecule has 2 aromatic carbocycles. The summed E-state index contributed by atoms with van der Waals surface area (Å²) in [7, 11) is 0. The molecule has 1 heterocycles. The molecule has 3 rings (SSSR count). The van der Waals surface area contributed by atoms with Crippen LogP contribution in [0.15, 0.2) is 48.5 Å². The highest BCUT2D eigenvalue weighted by atomic mass is 16.2. The molecule has 0 bridgehead atoms.